The average molecular weight is 418 g/mol. The van der Waals surface area contributed by atoms with Crippen LogP contribution in [0, 0.1) is 0 Å². The number of hydrogen-bond acceptors (Lipinski definition) is 4. The van der Waals surface area contributed by atoms with Gasteiger partial charge in [-0.05, 0) is 23.9 Å². The Morgan fingerprint density at radius 3 is 2.60 bits per heavy atom. The Morgan fingerprint density at radius 2 is 1.87 bits per heavy atom. The van der Waals surface area contributed by atoms with Crippen molar-refractivity contribution in [3.05, 3.63) is 88.1 Å². The molecule has 0 saturated carbocycles. The highest BCUT2D eigenvalue weighted by atomic mass is 32.1. The van der Waals surface area contributed by atoms with Gasteiger partial charge in [-0.3, -0.25) is 9.79 Å². The van der Waals surface area contributed by atoms with Gasteiger partial charge < -0.3 is 9.80 Å². The number of likely N-dealkylation sites (N-methyl/N-ethyl adjacent to an activating group) is 1. The van der Waals surface area contributed by atoms with Crippen LogP contribution in [0.1, 0.15) is 34.1 Å². The third-order valence-corrected chi connectivity index (χ3v) is 6.40. The van der Waals surface area contributed by atoms with E-state index in [2.05, 4.69) is 67.4 Å². The van der Waals surface area contributed by atoms with Crippen molar-refractivity contribution in [1.82, 2.24) is 4.90 Å². The summed E-state index contributed by atoms with van der Waals surface area (Å²) >= 11 is 1.51. The second-order valence-corrected chi connectivity index (χ2v) is 8.51. The van der Waals surface area contributed by atoms with Gasteiger partial charge in [0, 0.05) is 37.0 Å². The van der Waals surface area contributed by atoms with Crippen molar-refractivity contribution in [3.63, 3.8) is 0 Å². The summed E-state index contributed by atoms with van der Waals surface area (Å²) in [4.78, 5) is 23.2. The Hall–Kier alpha value is -2.92. The maximum atomic E-state index is 13.1. The van der Waals surface area contributed by atoms with E-state index in [0.29, 0.717) is 13.1 Å². The van der Waals surface area contributed by atoms with Crippen LogP contribution in [0.2, 0.25) is 0 Å². The summed E-state index contributed by atoms with van der Waals surface area (Å²) < 4.78 is 0. The third kappa shape index (κ3) is 4.17. The summed E-state index contributed by atoms with van der Waals surface area (Å²) in [6, 6.07) is 22.7. The summed E-state index contributed by atoms with van der Waals surface area (Å²) in [6.07, 6.45) is 0.933. The SMILES string of the molecule is CCCN(CC1CN=C(c2ccccc2)c2ccccc2N1C)C(=O)c1cccs1. The predicted octanol–water partition coefficient (Wildman–Crippen LogP) is 4.96. The van der Waals surface area contributed by atoms with Gasteiger partial charge in [0.05, 0.1) is 23.2 Å². The first kappa shape index (κ1) is 20.4. The summed E-state index contributed by atoms with van der Waals surface area (Å²) in [5.74, 6) is 0.116. The van der Waals surface area contributed by atoms with Crippen LogP contribution in [0.4, 0.5) is 5.69 Å². The van der Waals surface area contributed by atoms with Gasteiger partial charge in [0.2, 0.25) is 0 Å². The highest BCUT2D eigenvalue weighted by molar-refractivity contribution is 7.12. The molecule has 2 heterocycles. The van der Waals surface area contributed by atoms with E-state index in [4.69, 9.17) is 4.99 Å². The highest BCUT2D eigenvalue weighted by Gasteiger charge is 2.27. The molecule has 0 aliphatic carbocycles. The van der Waals surface area contributed by atoms with Gasteiger partial charge in [0.15, 0.2) is 0 Å². The zero-order valence-corrected chi connectivity index (χ0v) is 18.3. The molecule has 3 aromatic rings. The summed E-state index contributed by atoms with van der Waals surface area (Å²) in [6.45, 7) is 4.17. The molecule has 2 aromatic carbocycles. The normalized spacial score (nSPS) is 15.9. The zero-order valence-electron chi connectivity index (χ0n) is 17.5. The van der Waals surface area contributed by atoms with E-state index in [0.717, 1.165) is 40.4 Å². The predicted molar refractivity (Wildman–Crippen MR) is 126 cm³/mol. The smallest absolute Gasteiger partial charge is 0.263 e. The lowest BCUT2D eigenvalue weighted by Crippen LogP contribution is -2.46. The molecule has 4 rings (SSSR count). The lowest BCUT2D eigenvalue weighted by molar-refractivity contribution is 0.0751. The molecule has 0 N–H and O–H groups in total. The summed E-state index contributed by atoms with van der Waals surface area (Å²) in [5.41, 5.74) is 4.44. The van der Waals surface area contributed by atoms with Crippen LogP contribution in [0.25, 0.3) is 0 Å². The van der Waals surface area contributed by atoms with Gasteiger partial charge in [-0.15, -0.1) is 11.3 Å². The number of aliphatic imine (C=N–C) groups is 1. The molecule has 1 aliphatic rings. The standard InChI is InChI=1S/C25H27N3OS/c1-3-15-28(25(29)23-14-9-16-30-23)18-20-17-26-24(19-10-5-4-6-11-19)21-12-7-8-13-22(21)27(20)2/h4-14,16,20H,3,15,17-18H2,1-2H3. The minimum absolute atomic E-state index is 0.114. The number of benzene rings is 2. The van der Waals surface area contributed by atoms with Crippen LogP contribution in [-0.2, 0) is 0 Å². The van der Waals surface area contributed by atoms with Gasteiger partial charge in [-0.2, -0.15) is 0 Å². The third-order valence-electron chi connectivity index (χ3n) is 5.54. The molecular formula is C25H27N3OS. The molecule has 1 atom stereocenters. The topological polar surface area (TPSA) is 35.9 Å². The lowest BCUT2D eigenvalue weighted by atomic mass is 10.0. The Balaban J connectivity index is 1.66. The molecule has 4 nitrogen and oxygen atoms in total. The molecule has 154 valence electrons. The Labute approximate surface area is 182 Å². The minimum Gasteiger partial charge on any atom is -0.367 e. The maximum absolute atomic E-state index is 13.1. The van der Waals surface area contributed by atoms with Crippen molar-refractivity contribution >= 4 is 28.6 Å². The minimum atomic E-state index is 0.114. The molecule has 1 aromatic heterocycles. The second kappa shape index (κ2) is 9.26. The van der Waals surface area contributed by atoms with E-state index >= 15 is 0 Å². The molecule has 30 heavy (non-hydrogen) atoms. The number of nitrogens with zero attached hydrogens (tertiary/aromatic N) is 3. The van der Waals surface area contributed by atoms with Crippen LogP contribution in [0.3, 0.4) is 0 Å². The van der Waals surface area contributed by atoms with E-state index < -0.39 is 0 Å². The number of carbonyl (C=O) groups excluding carboxylic acids is 1. The molecule has 0 fully saturated rings. The number of rotatable bonds is 6. The number of para-hydroxylation sites is 1. The molecule has 5 heteroatoms. The van der Waals surface area contributed by atoms with Crippen LogP contribution in [0.15, 0.2) is 77.1 Å². The van der Waals surface area contributed by atoms with E-state index in [1.807, 2.05) is 28.5 Å². The molecular weight excluding hydrogens is 390 g/mol. The van der Waals surface area contributed by atoms with Gasteiger partial charge in [-0.25, -0.2) is 0 Å². The molecule has 1 amide bonds. The number of benzodiazepines with no additional fused rings is 1. The van der Waals surface area contributed by atoms with E-state index in [-0.39, 0.29) is 11.9 Å². The van der Waals surface area contributed by atoms with Crippen LogP contribution in [-0.4, -0.2) is 49.2 Å². The monoisotopic (exact) mass is 417 g/mol. The van der Waals surface area contributed by atoms with Crippen molar-refractivity contribution in [3.8, 4) is 0 Å². The fraction of sp³-hybridized carbons (Fsp3) is 0.280. The Bertz CT molecular complexity index is 1010. The van der Waals surface area contributed by atoms with Crippen LogP contribution in [0.5, 0.6) is 0 Å². The van der Waals surface area contributed by atoms with Crippen LogP contribution >= 0.6 is 11.3 Å². The number of amides is 1. The number of carbonyl (C=O) groups is 1. The summed E-state index contributed by atoms with van der Waals surface area (Å²) in [7, 11) is 2.12. The number of hydrogen-bond donors (Lipinski definition) is 0. The number of fused-ring (bicyclic) bond motifs is 1. The largest absolute Gasteiger partial charge is 0.367 e. The molecule has 0 bridgehead atoms. The van der Waals surface area contributed by atoms with Crippen molar-refractivity contribution in [2.45, 2.75) is 19.4 Å². The quantitative estimate of drug-likeness (QED) is 0.568. The van der Waals surface area contributed by atoms with Crippen molar-refractivity contribution < 1.29 is 4.79 Å². The Morgan fingerprint density at radius 1 is 1.10 bits per heavy atom. The molecule has 0 radical (unpaired) electrons. The van der Waals surface area contributed by atoms with E-state index in [1.165, 1.54) is 11.3 Å². The van der Waals surface area contributed by atoms with Crippen molar-refractivity contribution in [1.29, 1.82) is 0 Å². The number of thiophene rings is 1. The highest BCUT2D eigenvalue weighted by Crippen LogP contribution is 2.28. The van der Waals surface area contributed by atoms with Gasteiger partial charge in [0.1, 0.15) is 0 Å². The summed E-state index contributed by atoms with van der Waals surface area (Å²) in [5, 5.41) is 1.96. The van der Waals surface area contributed by atoms with E-state index in [1.54, 1.807) is 0 Å². The van der Waals surface area contributed by atoms with Gasteiger partial charge >= 0.3 is 0 Å². The zero-order chi connectivity index (χ0) is 20.9. The average Bonchev–Trinajstić information content (AvgIpc) is 3.28. The van der Waals surface area contributed by atoms with E-state index in [9.17, 15) is 4.79 Å². The van der Waals surface area contributed by atoms with Crippen molar-refractivity contribution in [2.75, 3.05) is 31.6 Å². The van der Waals surface area contributed by atoms with Crippen LogP contribution < -0.4 is 4.90 Å². The molecule has 1 unspecified atom stereocenters. The first-order chi connectivity index (χ1) is 14.7. The molecule has 0 saturated heterocycles. The Kier molecular flexibility index (Phi) is 6.29. The first-order valence-corrected chi connectivity index (χ1v) is 11.3. The maximum Gasteiger partial charge on any atom is 0.263 e. The second-order valence-electron chi connectivity index (χ2n) is 7.57. The molecule has 1 aliphatic heterocycles. The van der Waals surface area contributed by atoms with Gasteiger partial charge in [-0.1, -0.05) is 61.5 Å². The fourth-order valence-corrected chi connectivity index (χ4v) is 4.65. The number of anilines is 1. The molecule has 0 spiro atoms. The first-order valence-electron chi connectivity index (χ1n) is 10.4. The lowest BCUT2D eigenvalue weighted by Gasteiger charge is -2.33. The van der Waals surface area contributed by atoms with Crippen molar-refractivity contribution in [2.24, 2.45) is 4.99 Å². The fourth-order valence-electron chi connectivity index (χ4n) is 3.96. The van der Waals surface area contributed by atoms with Gasteiger partial charge in [0.25, 0.3) is 5.91 Å².